The summed E-state index contributed by atoms with van der Waals surface area (Å²) in [5, 5.41) is 0. The van der Waals surface area contributed by atoms with E-state index in [1.165, 1.54) is 36.4 Å². The van der Waals surface area contributed by atoms with Gasteiger partial charge in [-0.05, 0) is 61.1 Å². The lowest BCUT2D eigenvalue weighted by atomic mass is 9.95. The topological polar surface area (TPSA) is 35.5 Å². The number of rotatable bonds is 8. The van der Waals surface area contributed by atoms with Crippen molar-refractivity contribution in [3.63, 3.8) is 0 Å². The largest absolute Gasteiger partial charge is 0.519 e. The van der Waals surface area contributed by atoms with Crippen LogP contribution in [-0.2, 0) is 0 Å². The predicted octanol–water partition coefficient (Wildman–Crippen LogP) is 7.35. The third kappa shape index (κ3) is 5.78. The van der Waals surface area contributed by atoms with Crippen molar-refractivity contribution in [3.8, 4) is 11.5 Å². The Bertz CT molecular complexity index is 739. The fourth-order valence-corrected chi connectivity index (χ4v) is 3.37. The number of hydrogen-bond donors (Lipinski definition) is 0. The Hall–Kier alpha value is -2.43. The van der Waals surface area contributed by atoms with Crippen molar-refractivity contribution >= 4 is 6.16 Å². The summed E-state index contributed by atoms with van der Waals surface area (Å²) < 4.78 is 38.1. The first-order chi connectivity index (χ1) is 13.3. The van der Waals surface area contributed by atoms with Gasteiger partial charge in [0, 0.05) is 11.1 Å². The predicted molar refractivity (Wildman–Crippen MR) is 106 cm³/mol. The molecule has 3 nitrogen and oxygen atoms in total. The Morgan fingerprint density at radius 2 is 1.21 bits per heavy atom. The molecule has 0 aliphatic rings. The van der Waals surface area contributed by atoms with E-state index in [1.807, 2.05) is 27.7 Å². The van der Waals surface area contributed by atoms with E-state index in [0.717, 1.165) is 25.7 Å². The highest BCUT2D eigenvalue weighted by Gasteiger charge is 2.19. The van der Waals surface area contributed by atoms with Crippen molar-refractivity contribution in [2.24, 2.45) is 0 Å². The minimum atomic E-state index is -0.923. The van der Waals surface area contributed by atoms with Crippen LogP contribution in [0.25, 0.3) is 0 Å². The molecule has 0 N–H and O–H groups in total. The Kier molecular flexibility index (Phi) is 7.97. The highest BCUT2D eigenvalue weighted by atomic mass is 19.1. The second kappa shape index (κ2) is 10.2. The van der Waals surface area contributed by atoms with Gasteiger partial charge in [0.1, 0.15) is 23.1 Å². The SMILES string of the molecule is CCCC(C)c1cc(F)ccc1OC(=O)Oc1ccc(F)cc1C(C)CCC. The van der Waals surface area contributed by atoms with Crippen molar-refractivity contribution in [1.29, 1.82) is 0 Å². The van der Waals surface area contributed by atoms with Gasteiger partial charge >= 0.3 is 6.16 Å². The van der Waals surface area contributed by atoms with Gasteiger partial charge in [0.2, 0.25) is 0 Å². The Balaban J connectivity index is 2.21. The lowest BCUT2D eigenvalue weighted by Crippen LogP contribution is -2.16. The standard InChI is InChI=1S/C23H28F2O3/c1-5-7-15(3)19-13-17(24)9-11-21(19)27-23(26)28-22-12-10-18(25)14-20(22)16(4)8-6-2/h9-16H,5-8H2,1-4H3. The van der Waals surface area contributed by atoms with Crippen molar-refractivity contribution in [2.75, 3.05) is 0 Å². The molecule has 0 aliphatic carbocycles. The summed E-state index contributed by atoms with van der Waals surface area (Å²) in [4.78, 5) is 12.4. The maximum Gasteiger partial charge on any atom is 0.519 e. The zero-order valence-corrected chi connectivity index (χ0v) is 16.9. The van der Waals surface area contributed by atoms with Crippen molar-refractivity contribution in [1.82, 2.24) is 0 Å². The summed E-state index contributed by atoms with van der Waals surface area (Å²) in [6.07, 6.45) is 2.61. The molecule has 0 saturated heterocycles. The number of carbonyl (C=O) groups is 1. The molecule has 0 amide bonds. The molecule has 28 heavy (non-hydrogen) atoms. The van der Waals surface area contributed by atoms with Crippen LogP contribution in [-0.4, -0.2) is 6.16 Å². The number of carbonyl (C=O) groups excluding carboxylic acids is 1. The van der Waals surface area contributed by atoms with Crippen molar-refractivity contribution in [3.05, 3.63) is 59.2 Å². The van der Waals surface area contributed by atoms with Gasteiger partial charge in [-0.25, -0.2) is 13.6 Å². The normalized spacial score (nSPS) is 13.1. The van der Waals surface area contributed by atoms with Gasteiger partial charge < -0.3 is 9.47 Å². The van der Waals surface area contributed by atoms with E-state index in [9.17, 15) is 13.6 Å². The molecule has 0 radical (unpaired) electrons. The van der Waals surface area contributed by atoms with Crippen LogP contribution < -0.4 is 9.47 Å². The smallest absolute Gasteiger partial charge is 0.394 e. The Labute approximate surface area is 165 Å². The summed E-state index contributed by atoms with van der Waals surface area (Å²) >= 11 is 0. The van der Waals surface area contributed by atoms with E-state index in [-0.39, 0.29) is 35.0 Å². The molecule has 0 aromatic heterocycles. The number of ether oxygens (including phenoxy) is 2. The molecular weight excluding hydrogens is 362 g/mol. The maximum atomic E-state index is 13.7. The van der Waals surface area contributed by atoms with Crippen molar-refractivity contribution < 1.29 is 23.0 Å². The third-order valence-electron chi connectivity index (χ3n) is 4.84. The summed E-state index contributed by atoms with van der Waals surface area (Å²) in [5.74, 6) is -0.139. The van der Waals surface area contributed by atoms with Gasteiger partial charge in [-0.1, -0.05) is 40.5 Å². The number of halogens is 2. The number of benzene rings is 2. The second-order valence-corrected chi connectivity index (χ2v) is 7.20. The molecule has 5 heteroatoms. The van der Waals surface area contributed by atoms with E-state index in [4.69, 9.17) is 9.47 Å². The monoisotopic (exact) mass is 390 g/mol. The van der Waals surface area contributed by atoms with Crippen LogP contribution in [0.5, 0.6) is 11.5 Å². The van der Waals surface area contributed by atoms with E-state index in [2.05, 4.69) is 0 Å². The average molecular weight is 390 g/mol. The fourth-order valence-electron chi connectivity index (χ4n) is 3.37. The summed E-state index contributed by atoms with van der Waals surface area (Å²) in [6.45, 7) is 8.00. The molecule has 0 saturated carbocycles. The summed E-state index contributed by atoms with van der Waals surface area (Å²) in [6, 6.07) is 8.13. The van der Waals surface area contributed by atoms with Gasteiger partial charge in [0.25, 0.3) is 0 Å². The Morgan fingerprint density at radius 3 is 1.57 bits per heavy atom. The molecule has 0 heterocycles. The minimum absolute atomic E-state index is 0.0365. The first kappa shape index (κ1) is 21.9. The van der Waals surface area contributed by atoms with E-state index in [0.29, 0.717) is 11.1 Å². The molecular formula is C23H28F2O3. The lowest BCUT2D eigenvalue weighted by molar-refractivity contribution is 0.150. The Morgan fingerprint density at radius 1 is 0.821 bits per heavy atom. The first-order valence-electron chi connectivity index (χ1n) is 9.84. The van der Waals surface area contributed by atoms with Crippen LogP contribution in [0.4, 0.5) is 13.6 Å². The first-order valence-corrected chi connectivity index (χ1v) is 9.84. The lowest BCUT2D eigenvalue weighted by Gasteiger charge is -2.17. The second-order valence-electron chi connectivity index (χ2n) is 7.20. The van der Waals surface area contributed by atoms with Crippen molar-refractivity contribution in [2.45, 2.75) is 65.2 Å². The highest BCUT2D eigenvalue weighted by Crippen LogP contribution is 2.33. The summed E-state index contributed by atoms with van der Waals surface area (Å²) in [7, 11) is 0. The van der Waals surface area contributed by atoms with Crippen LogP contribution in [0, 0.1) is 11.6 Å². The van der Waals surface area contributed by atoms with E-state index >= 15 is 0 Å². The highest BCUT2D eigenvalue weighted by molar-refractivity contribution is 5.68. The van der Waals surface area contributed by atoms with Crippen LogP contribution in [0.3, 0.4) is 0 Å². The van der Waals surface area contributed by atoms with Crippen LogP contribution in [0.15, 0.2) is 36.4 Å². The molecule has 2 aromatic rings. The zero-order valence-electron chi connectivity index (χ0n) is 16.9. The minimum Gasteiger partial charge on any atom is -0.394 e. The molecule has 2 aromatic carbocycles. The molecule has 2 unspecified atom stereocenters. The van der Waals surface area contributed by atoms with Crippen LogP contribution >= 0.6 is 0 Å². The maximum absolute atomic E-state index is 13.7. The van der Waals surface area contributed by atoms with Gasteiger partial charge in [-0.2, -0.15) is 0 Å². The molecule has 0 spiro atoms. The van der Waals surface area contributed by atoms with Gasteiger partial charge in [-0.15, -0.1) is 0 Å². The average Bonchev–Trinajstić information content (AvgIpc) is 2.65. The quantitative estimate of drug-likeness (QED) is 0.349. The van der Waals surface area contributed by atoms with Crippen LogP contribution in [0.1, 0.15) is 76.3 Å². The molecule has 0 fully saturated rings. The summed E-state index contributed by atoms with van der Waals surface area (Å²) in [5.41, 5.74) is 1.25. The van der Waals surface area contributed by atoms with Gasteiger partial charge in [-0.3, -0.25) is 0 Å². The van der Waals surface area contributed by atoms with Crippen LogP contribution in [0.2, 0.25) is 0 Å². The molecule has 0 bridgehead atoms. The molecule has 0 aliphatic heterocycles. The fraction of sp³-hybridized carbons (Fsp3) is 0.435. The molecule has 152 valence electrons. The van der Waals surface area contributed by atoms with Gasteiger partial charge in [0.15, 0.2) is 0 Å². The van der Waals surface area contributed by atoms with Gasteiger partial charge in [0.05, 0.1) is 0 Å². The molecule has 2 atom stereocenters. The molecule has 2 rings (SSSR count). The zero-order chi connectivity index (χ0) is 20.7. The van der Waals surface area contributed by atoms with E-state index < -0.39 is 6.16 Å². The third-order valence-corrected chi connectivity index (χ3v) is 4.84. The number of hydrogen-bond acceptors (Lipinski definition) is 3. The van der Waals surface area contributed by atoms with E-state index in [1.54, 1.807) is 0 Å².